The van der Waals surface area contributed by atoms with Gasteiger partial charge in [-0.15, -0.1) is 0 Å². The van der Waals surface area contributed by atoms with E-state index in [0.29, 0.717) is 18.0 Å². The van der Waals surface area contributed by atoms with Gasteiger partial charge in [0.05, 0.1) is 24.5 Å². The van der Waals surface area contributed by atoms with Crippen LogP contribution in [0.25, 0.3) is 0 Å². The molecule has 0 atom stereocenters. The second-order valence-electron chi connectivity index (χ2n) is 6.83. The van der Waals surface area contributed by atoms with Crippen molar-refractivity contribution >= 4 is 33.6 Å². The number of anilines is 1. The molecule has 0 aromatic heterocycles. The van der Waals surface area contributed by atoms with E-state index in [1.165, 1.54) is 24.3 Å². The number of hydrogen-bond acceptors (Lipinski definition) is 8. The molecule has 0 radical (unpaired) electrons. The molecule has 0 aliphatic rings. The Morgan fingerprint density at radius 2 is 1.56 bits per heavy atom. The number of ether oxygens (including phenoxy) is 3. The Kier molecular flexibility index (Phi) is 10.5. The summed E-state index contributed by atoms with van der Waals surface area (Å²) in [5, 5.41) is 0. The van der Waals surface area contributed by atoms with E-state index in [9.17, 15) is 22.8 Å². The van der Waals surface area contributed by atoms with Crippen LogP contribution < -0.4 is 14.4 Å². The van der Waals surface area contributed by atoms with Crippen molar-refractivity contribution in [2.24, 2.45) is 0 Å². The third-order valence-electron chi connectivity index (χ3n) is 4.38. The van der Waals surface area contributed by atoms with Gasteiger partial charge in [-0.2, -0.15) is 0 Å². The molecule has 1 N–H and O–H groups in total. The molecule has 11 heteroatoms. The van der Waals surface area contributed by atoms with Gasteiger partial charge in [0.25, 0.3) is 5.91 Å². The fourth-order valence-corrected chi connectivity index (χ4v) is 3.84. The zero-order valence-electron chi connectivity index (χ0n) is 19.1. The Morgan fingerprint density at radius 3 is 2.18 bits per heavy atom. The highest BCUT2D eigenvalue weighted by molar-refractivity contribution is 7.89. The average molecular weight is 493 g/mol. The fourth-order valence-electron chi connectivity index (χ4n) is 2.81. The van der Waals surface area contributed by atoms with E-state index in [0.717, 1.165) is 4.90 Å². The van der Waals surface area contributed by atoms with Crippen molar-refractivity contribution in [1.29, 1.82) is 0 Å². The van der Waals surface area contributed by atoms with Gasteiger partial charge in [0.15, 0.2) is 6.61 Å². The van der Waals surface area contributed by atoms with Crippen molar-refractivity contribution in [3.8, 4) is 5.75 Å². The third kappa shape index (κ3) is 8.49. The first kappa shape index (κ1) is 26.8. The molecular formula is C23H28N2O8S. The van der Waals surface area contributed by atoms with Crippen LogP contribution in [-0.4, -0.2) is 59.2 Å². The molecule has 2 aromatic rings. The lowest BCUT2D eigenvalue weighted by molar-refractivity contribution is -0.148. The molecule has 0 unspecified atom stereocenters. The van der Waals surface area contributed by atoms with Crippen molar-refractivity contribution in [2.45, 2.75) is 25.2 Å². The predicted molar refractivity (Wildman–Crippen MR) is 124 cm³/mol. The standard InChI is InChI=1S/C23H28N2O8S/c1-3-31-19-10-12-20(13-11-19)34(29,30)24-15-14-22(27)33-17-21(26)25(16-23(28)32-4-2)18-8-6-5-7-9-18/h5-13,24H,3-4,14-17H2,1-2H3. The molecule has 0 aliphatic heterocycles. The maximum atomic E-state index is 12.6. The Bertz CT molecular complexity index is 1060. The number of sulfonamides is 1. The SMILES string of the molecule is CCOC(=O)CN(C(=O)COC(=O)CCNS(=O)(=O)c1ccc(OCC)cc1)c1ccccc1. The first-order valence-corrected chi connectivity index (χ1v) is 12.1. The lowest BCUT2D eigenvalue weighted by atomic mass is 10.3. The summed E-state index contributed by atoms with van der Waals surface area (Å²) >= 11 is 0. The van der Waals surface area contributed by atoms with Crippen molar-refractivity contribution in [3.63, 3.8) is 0 Å². The summed E-state index contributed by atoms with van der Waals surface area (Å²) in [5.41, 5.74) is 0.444. The van der Waals surface area contributed by atoms with Crippen molar-refractivity contribution in [3.05, 3.63) is 54.6 Å². The molecule has 0 aliphatic carbocycles. The van der Waals surface area contributed by atoms with Crippen LogP contribution in [0.5, 0.6) is 5.75 Å². The molecule has 0 spiro atoms. The largest absolute Gasteiger partial charge is 0.494 e. The number of esters is 2. The summed E-state index contributed by atoms with van der Waals surface area (Å²) in [6.45, 7) is 2.93. The highest BCUT2D eigenvalue weighted by atomic mass is 32.2. The van der Waals surface area contributed by atoms with Crippen molar-refractivity contribution < 1.29 is 37.0 Å². The summed E-state index contributed by atoms with van der Waals surface area (Å²) in [7, 11) is -3.83. The summed E-state index contributed by atoms with van der Waals surface area (Å²) in [4.78, 5) is 37.7. The van der Waals surface area contributed by atoms with E-state index in [-0.39, 0.29) is 31.0 Å². The summed E-state index contributed by atoms with van der Waals surface area (Å²) in [5.74, 6) is -1.45. The van der Waals surface area contributed by atoms with Gasteiger partial charge < -0.3 is 14.2 Å². The molecule has 0 saturated heterocycles. The average Bonchev–Trinajstić information content (AvgIpc) is 2.82. The van der Waals surface area contributed by atoms with E-state index in [2.05, 4.69) is 4.72 Å². The highest BCUT2D eigenvalue weighted by Crippen LogP contribution is 2.16. The van der Waals surface area contributed by atoms with Gasteiger partial charge in [-0.05, 0) is 50.2 Å². The minimum absolute atomic E-state index is 0.0250. The number of carbonyl (C=O) groups is 3. The number of hydrogen-bond donors (Lipinski definition) is 1. The molecule has 2 rings (SSSR count). The Morgan fingerprint density at radius 1 is 0.882 bits per heavy atom. The summed E-state index contributed by atoms with van der Waals surface area (Å²) in [6, 6.07) is 14.3. The Labute approximate surface area is 198 Å². The number of benzene rings is 2. The van der Waals surface area contributed by atoms with Crippen LogP contribution in [0.1, 0.15) is 20.3 Å². The van der Waals surface area contributed by atoms with E-state index < -0.39 is 34.5 Å². The lowest BCUT2D eigenvalue weighted by Crippen LogP contribution is -2.39. The smallest absolute Gasteiger partial charge is 0.326 e. The number of nitrogens with one attached hydrogen (secondary N) is 1. The van der Waals surface area contributed by atoms with Crippen LogP contribution in [0, 0.1) is 0 Å². The summed E-state index contributed by atoms with van der Waals surface area (Å²) in [6.07, 6.45) is -0.285. The topological polar surface area (TPSA) is 128 Å². The van der Waals surface area contributed by atoms with Crippen LogP contribution in [0.2, 0.25) is 0 Å². The molecule has 34 heavy (non-hydrogen) atoms. The number of rotatable bonds is 13. The highest BCUT2D eigenvalue weighted by Gasteiger charge is 2.21. The third-order valence-corrected chi connectivity index (χ3v) is 5.86. The predicted octanol–water partition coefficient (Wildman–Crippen LogP) is 1.89. The minimum atomic E-state index is -3.83. The first-order valence-electron chi connectivity index (χ1n) is 10.7. The van der Waals surface area contributed by atoms with Gasteiger partial charge in [0.2, 0.25) is 10.0 Å². The monoisotopic (exact) mass is 492 g/mol. The number of amides is 1. The normalized spacial score (nSPS) is 10.9. The summed E-state index contributed by atoms with van der Waals surface area (Å²) < 4.78 is 42.1. The van der Waals surface area contributed by atoms with Crippen LogP contribution in [-0.2, 0) is 33.9 Å². The molecule has 1 amide bonds. The van der Waals surface area contributed by atoms with Gasteiger partial charge in [-0.1, -0.05) is 18.2 Å². The van der Waals surface area contributed by atoms with E-state index in [4.69, 9.17) is 14.2 Å². The van der Waals surface area contributed by atoms with Crippen LogP contribution in [0.4, 0.5) is 5.69 Å². The van der Waals surface area contributed by atoms with Gasteiger partial charge >= 0.3 is 11.9 Å². The fraction of sp³-hybridized carbons (Fsp3) is 0.348. The molecule has 0 saturated carbocycles. The van der Waals surface area contributed by atoms with Crippen LogP contribution in [0.3, 0.4) is 0 Å². The zero-order valence-corrected chi connectivity index (χ0v) is 19.9. The lowest BCUT2D eigenvalue weighted by Gasteiger charge is -2.21. The van der Waals surface area contributed by atoms with E-state index in [1.54, 1.807) is 37.3 Å². The van der Waals surface area contributed by atoms with Crippen molar-refractivity contribution in [2.75, 3.05) is 37.8 Å². The van der Waals surface area contributed by atoms with Gasteiger partial charge in [-0.3, -0.25) is 19.3 Å². The second kappa shape index (κ2) is 13.3. The quantitative estimate of drug-likeness (QED) is 0.420. The molecule has 2 aromatic carbocycles. The van der Waals surface area contributed by atoms with Gasteiger partial charge in [0, 0.05) is 12.2 Å². The molecule has 0 heterocycles. The maximum absolute atomic E-state index is 12.6. The maximum Gasteiger partial charge on any atom is 0.326 e. The Hall–Kier alpha value is -3.44. The van der Waals surface area contributed by atoms with Gasteiger partial charge in [0.1, 0.15) is 12.3 Å². The second-order valence-corrected chi connectivity index (χ2v) is 8.60. The Balaban J connectivity index is 1.86. The number of para-hydroxylation sites is 1. The molecule has 0 bridgehead atoms. The van der Waals surface area contributed by atoms with Gasteiger partial charge in [-0.25, -0.2) is 13.1 Å². The number of carbonyl (C=O) groups excluding carboxylic acids is 3. The molecule has 184 valence electrons. The van der Waals surface area contributed by atoms with E-state index in [1.807, 2.05) is 6.92 Å². The molecule has 0 fully saturated rings. The van der Waals surface area contributed by atoms with E-state index >= 15 is 0 Å². The van der Waals surface area contributed by atoms with Crippen molar-refractivity contribution in [1.82, 2.24) is 4.72 Å². The molecule has 10 nitrogen and oxygen atoms in total. The zero-order chi connectivity index (χ0) is 25.0. The van der Waals surface area contributed by atoms with Crippen LogP contribution >= 0.6 is 0 Å². The number of nitrogens with zero attached hydrogens (tertiary/aromatic N) is 1. The molecular weight excluding hydrogens is 464 g/mol. The first-order chi connectivity index (χ1) is 16.3. The van der Waals surface area contributed by atoms with Crippen LogP contribution in [0.15, 0.2) is 59.5 Å². The minimum Gasteiger partial charge on any atom is -0.494 e.